The zero-order valence-corrected chi connectivity index (χ0v) is 12.4. The Kier molecular flexibility index (Phi) is 3.93. The monoisotopic (exact) mass is 272 g/mol. The van der Waals surface area contributed by atoms with Crippen molar-refractivity contribution in [1.29, 1.82) is 0 Å². The summed E-state index contributed by atoms with van der Waals surface area (Å²) < 4.78 is 6.62. The van der Waals surface area contributed by atoms with Crippen LogP contribution in [0.25, 0.3) is 11.1 Å². The maximum absolute atomic E-state index is 12.1. The molecule has 0 radical (unpaired) electrons. The van der Waals surface area contributed by atoms with Crippen molar-refractivity contribution in [3.05, 3.63) is 42.2 Å². The molecule has 0 amide bonds. The molecule has 4 heteroatoms. The van der Waals surface area contributed by atoms with Gasteiger partial charge in [-0.15, -0.1) is 0 Å². The fourth-order valence-corrected chi connectivity index (χ4v) is 1.93. The van der Waals surface area contributed by atoms with Gasteiger partial charge in [0.1, 0.15) is 5.60 Å². The van der Waals surface area contributed by atoms with Crippen molar-refractivity contribution in [2.45, 2.75) is 39.7 Å². The second-order valence-electron chi connectivity index (χ2n) is 5.63. The number of hydrogen-bond donors (Lipinski definition) is 0. The Labute approximate surface area is 119 Å². The molecule has 4 nitrogen and oxygen atoms in total. The van der Waals surface area contributed by atoms with Crippen molar-refractivity contribution < 1.29 is 9.53 Å². The summed E-state index contributed by atoms with van der Waals surface area (Å²) in [7, 11) is 0. The summed E-state index contributed by atoms with van der Waals surface area (Å²) in [5.41, 5.74) is 2.39. The van der Waals surface area contributed by atoms with Crippen molar-refractivity contribution in [2.24, 2.45) is 0 Å². The number of nitrogens with zero attached hydrogens (tertiary/aromatic N) is 2. The number of aromatic nitrogens is 2. The van der Waals surface area contributed by atoms with Gasteiger partial charge in [0, 0.05) is 11.8 Å². The molecule has 0 N–H and O–H groups in total. The fraction of sp³-hybridized carbons (Fsp3) is 0.375. The summed E-state index contributed by atoms with van der Waals surface area (Å²) in [6.07, 6.45) is 2.05. The Hall–Kier alpha value is -2.10. The Morgan fingerprint density at radius 2 is 1.90 bits per heavy atom. The van der Waals surface area contributed by atoms with E-state index in [-0.39, 0.29) is 0 Å². The van der Waals surface area contributed by atoms with Crippen LogP contribution in [-0.4, -0.2) is 21.5 Å². The number of carbonyl (C=O) groups excluding carboxylic acids is 1. The molecule has 0 aliphatic rings. The van der Waals surface area contributed by atoms with E-state index in [0.29, 0.717) is 0 Å². The first-order valence-electron chi connectivity index (χ1n) is 6.78. The van der Waals surface area contributed by atoms with Gasteiger partial charge in [0.05, 0.1) is 5.69 Å². The molecule has 0 spiro atoms. The lowest BCUT2D eigenvalue weighted by Crippen LogP contribution is -2.27. The van der Waals surface area contributed by atoms with Gasteiger partial charge in [0.25, 0.3) is 0 Å². The highest BCUT2D eigenvalue weighted by Gasteiger charge is 2.20. The van der Waals surface area contributed by atoms with Crippen LogP contribution in [0.2, 0.25) is 0 Å². The third-order valence-corrected chi connectivity index (χ3v) is 2.79. The van der Waals surface area contributed by atoms with E-state index in [0.717, 1.165) is 23.2 Å². The van der Waals surface area contributed by atoms with Gasteiger partial charge in [-0.25, -0.2) is 4.79 Å². The molecular weight excluding hydrogens is 252 g/mol. The van der Waals surface area contributed by atoms with Crippen LogP contribution < -0.4 is 0 Å². The van der Waals surface area contributed by atoms with Crippen molar-refractivity contribution in [3.8, 4) is 11.1 Å². The molecule has 0 bridgehead atoms. The van der Waals surface area contributed by atoms with Gasteiger partial charge in [-0.1, -0.05) is 37.3 Å². The second-order valence-corrected chi connectivity index (χ2v) is 5.63. The molecule has 2 aromatic rings. The first kappa shape index (κ1) is 14.3. The molecule has 0 saturated carbocycles. The molecule has 2 rings (SSSR count). The van der Waals surface area contributed by atoms with Crippen molar-refractivity contribution in [3.63, 3.8) is 0 Å². The number of benzene rings is 1. The lowest BCUT2D eigenvalue weighted by molar-refractivity contribution is 0.0514. The second kappa shape index (κ2) is 5.49. The fourth-order valence-electron chi connectivity index (χ4n) is 1.93. The minimum Gasteiger partial charge on any atom is -0.442 e. The SMILES string of the molecule is CCc1nn(C(=O)OC(C)(C)C)cc1-c1ccccc1. The van der Waals surface area contributed by atoms with Gasteiger partial charge in [0.2, 0.25) is 0 Å². The molecule has 1 aromatic carbocycles. The summed E-state index contributed by atoms with van der Waals surface area (Å²) >= 11 is 0. The zero-order valence-electron chi connectivity index (χ0n) is 12.4. The Morgan fingerprint density at radius 3 is 2.45 bits per heavy atom. The molecule has 1 heterocycles. The van der Waals surface area contributed by atoms with Crippen LogP contribution in [0.1, 0.15) is 33.4 Å². The van der Waals surface area contributed by atoms with Gasteiger partial charge in [-0.2, -0.15) is 9.78 Å². The molecule has 1 aromatic heterocycles. The smallest absolute Gasteiger partial charge is 0.435 e. The van der Waals surface area contributed by atoms with Crippen molar-refractivity contribution in [1.82, 2.24) is 9.78 Å². The third-order valence-electron chi connectivity index (χ3n) is 2.79. The number of carbonyl (C=O) groups is 1. The molecule has 0 saturated heterocycles. The highest BCUT2D eigenvalue weighted by atomic mass is 16.6. The minimum absolute atomic E-state index is 0.450. The summed E-state index contributed by atoms with van der Waals surface area (Å²) in [5.74, 6) is 0. The van der Waals surface area contributed by atoms with Gasteiger partial charge in [-0.3, -0.25) is 0 Å². The predicted octanol–water partition coefficient (Wildman–Crippen LogP) is 3.90. The first-order chi connectivity index (χ1) is 9.40. The van der Waals surface area contributed by atoms with Crippen LogP contribution in [0.15, 0.2) is 36.5 Å². The van der Waals surface area contributed by atoms with E-state index in [4.69, 9.17) is 4.74 Å². The van der Waals surface area contributed by atoms with Gasteiger partial charge in [0.15, 0.2) is 0 Å². The largest absolute Gasteiger partial charge is 0.442 e. The lowest BCUT2D eigenvalue weighted by atomic mass is 10.1. The standard InChI is InChI=1S/C16H20N2O2/c1-5-14-13(12-9-7-6-8-10-12)11-18(17-14)15(19)20-16(2,3)4/h6-11H,5H2,1-4H3. The van der Waals surface area contributed by atoms with Gasteiger partial charge < -0.3 is 4.74 Å². The third kappa shape index (κ3) is 3.26. The molecule has 0 aliphatic heterocycles. The summed E-state index contributed by atoms with van der Waals surface area (Å²) in [6, 6.07) is 9.93. The normalized spacial score (nSPS) is 11.4. The Balaban J connectivity index is 2.35. The van der Waals surface area contributed by atoms with Crippen molar-refractivity contribution in [2.75, 3.05) is 0 Å². The maximum Gasteiger partial charge on any atom is 0.435 e. The average molecular weight is 272 g/mol. The molecule has 20 heavy (non-hydrogen) atoms. The van der Waals surface area contributed by atoms with E-state index < -0.39 is 11.7 Å². The molecule has 0 unspecified atom stereocenters. The van der Waals surface area contributed by atoms with E-state index in [1.165, 1.54) is 4.68 Å². The highest BCUT2D eigenvalue weighted by molar-refractivity contribution is 5.74. The Morgan fingerprint density at radius 1 is 1.25 bits per heavy atom. The van der Waals surface area contributed by atoms with Crippen LogP contribution in [0.4, 0.5) is 4.79 Å². The van der Waals surface area contributed by atoms with Crippen LogP contribution in [0.5, 0.6) is 0 Å². The van der Waals surface area contributed by atoms with E-state index in [1.54, 1.807) is 6.20 Å². The molecule has 106 valence electrons. The van der Waals surface area contributed by atoms with Crippen LogP contribution in [0, 0.1) is 0 Å². The summed E-state index contributed by atoms with van der Waals surface area (Å²) in [4.78, 5) is 12.1. The summed E-state index contributed by atoms with van der Waals surface area (Å²) in [5, 5.41) is 4.33. The molecule has 0 aliphatic carbocycles. The Bertz CT molecular complexity index is 595. The van der Waals surface area contributed by atoms with Gasteiger partial charge in [-0.05, 0) is 32.8 Å². The van der Waals surface area contributed by atoms with Crippen LogP contribution >= 0.6 is 0 Å². The maximum atomic E-state index is 12.1. The average Bonchev–Trinajstić information content (AvgIpc) is 2.82. The number of hydrogen-bond acceptors (Lipinski definition) is 3. The minimum atomic E-state index is -0.525. The van der Waals surface area contributed by atoms with Crippen LogP contribution in [0.3, 0.4) is 0 Å². The van der Waals surface area contributed by atoms with E-state index in [1.807, 2.05) is 58.0 Å². The molecular formula is C16H20N2O2. The lowest BCUT2D eigenvalue weighted by Gasteiger charge is -2.18. The van der Waals surface area contributed by atoms with Crippen molar-refractivity contribution >= 4 is 6.09 Å². The highest BCUT2D eigenvalue weighted by Crippen LogP contribution is 2.23. The summed E-state index contributed by atoms with van der Waals surface area (Å²) in [6.45, 7) is 7.54. The topological polar surface area (TPSA) is 44.1 Å². The first-order valence-corrected chi connectivity index (χ1v) is 6.78. The van der Waals surface area contributed by atoms with Crippen LogP contribution in [-0.2, 0) is 11.2 Å². The van der Waals surface area contributed by atoms with E-state index in [2.05, 4.69) is 5.10 Å². The van der Waals surface area contributed by atoms with E-state index in [9.17, 15) is 4.79 Å². The number of ether oxygens (including phenoxy) is 1. The molecule has 0 atom stereocenters. The predicted molar refractivity (Wildman–Crippen MR) is 78.7 cm³/mol. The van der Waals surface area contributed by atoms with E-state index >= 15 is 0 Å². The van der Waals surface area contributed by atoms with Gasteiger partial charge >= 0.3 is 6.09 Å². The quantitative estimate of drug-likeness (QED) is 0.833. The zero-order chi connectivity index (χ0) is 14.8. The number of rotatable bonds is 2. The number of aryl methyl sites for hydroxylation is 1. The molecule has 0 fully saturated rings.